The number of nitrogens with zero attached hydrogens (tertiary/aromatic N) is 1. The third-order valence-electron chi connectivity index (χ3n) is 2.91. The van der Waals surface area contributed by atoms with E-state index >= 15 is 0 Å². The van der Waals surface area contributed by atoms with Crippen LogP contribution < -0.4 is 5.32 Å². The van der Waals surface area contributed by atoms with Gasteiger partial charge in [-0.25, -0.2) is 0 Å². The van der Waals surface area contributed by atoms with Gasteiger partial charge in [-0.1, -0.05) is 6.07 Å². The maximum absolute atomic E-state index is 5.39. The molecule has 1 atom stereocenters. The fourth-order valence-corrected chi connectivity index (χ4v) is 1.86. The second-order valence-corrected chi connectivity index (χ2v) is 4.40. The molecule has 0 saturated carbocycles. The Kier molecular flexibility index (Phi) is 3.34. The van der Waals surface area contributed by atoms with Crippen LogP contribution in [0, 0.1) is 0 Å². The Bertz CT molecular complexity index is 294. The van der Waals surface area contributed by atoms with Crippen LogP contribution in [0.15, 0.2) is 24.5 Å². The predicted molar refractivity (Wildman–Crippen MR) is 59.8 cm³/mol. The van der Waals surface area contributed by atoms with Gasteiger partial charge in [-0.15, -0.1) is 0 Å². The Hall–Kier alpha value is -0.930. The lowest BCUT2D eigenvalue weighted by atomic mass is 10.0. The van der Waals surface area contributed by atoms with E-state index in [1.54, 1.807) is 0 Å². The highest BCUT2D eigenvalue weighted by molar-refractivity contribution is 5.08. The van der Waals surface area contributed by atoms with E-state index in [9.17, 15) is 0 Å². The molecule has 0 bridgehead atoms. The van der Waals surface area contributed by atoms with Gasteiger partial charge in [0.2, 0.25) is 0 Å². The van der Waals surface area contributed by atoms with Gasteiger partial charge in [-0.2, -0.15) is 0 Å². The van der Waals surface area contributed by atoms with Crippen molar-refractivity contribution in [2.75, 3.05) is 19.8 Å². The molecule has 1 aliphatic heterocycles. The fourth-order valence-electron chi connectivity index (χ4n) is 1.86. The Balaban J connectivity index is 1.75. The molecule has 1 aliphatic rings. The van der Waals surface area contributed by atoms with Gasteiger partial charge in [0.15, 0.2) is 0 Å². The topological polar surface area (TPSA) is 34.2 Å². The smallest absolute Gasteiger partial charge is 0.0646 e. The standard InChI is InChI=1S/C12H18N2O/c1-12(5-8-15-10-12)14-7-4-11-3-2-6-13-9-11/h2-3,6,9,14H,4-5,7-8,10H2,1H3. The summed E-state index contributed by atoms with van der Waals surface area (Å²) in [7, 11) is 0. The van der Waals surface area contributed by atoms with Crippen LogP contribution >= 0.6 is 0 Å². The summed E-state index contributed by atoms with van der Waals surface area (Å²) in [5, 5.41) is 3.55. The summed E-state index contributed by atoms with van der Waals surface area (Å²) in [6.45, 7) is 4.94. The molecule has 82 valence electrons. The minimum atomic E-state index is 0.183. The van der Waals surface area contributed by atoms with Gasteiger partial charge in [0.1, 0.15) is 0 Å². The van der Waals surface area contributed by atoms with Gasteiger partial charge in [0, 0.05) is 24.5 Å². The number of hydrogen-bond donors (Lipinski definition) is 1. The van der Waals surface area contributed by atoms with Gasteiger partial charge in [-0.3, -0.25) is 4.98 Å². The molecule has 1 fully saturated rings. The zero-order chi connectivity index (χ0) is 10.6. The lowest BCUT2D eigenvalue weighted by Gasteiger charge is -2.23. The highest BCUT2D eigenvalue weighted by Crippen LogP contribution is 2.17. The number of aromatic nitrogens is 1. The molecular formula is C12H18N2O. The molecule has 3 heteroatoms. The highest BCUT2D eigenvalue weighted by Gasteiger charge is 2.28. The highest BCUT2D eigenvalue weighted by atomic mass is 16.5. The summed E-state index contributed by atoms with van der Waals surface area (Å²) in [5.74, 6) is 0. The average molecular weight is 206 g/mol. The first-order valence-electron chi connectivity index (χ1n) is 5.50. The lowest BCUT2D eigenvalue weighted by molar-refractivity contribution is 0.172. The molecule has 1 saturated heterocycles. The molecule has 1 unspecified atom stereocenters. The van der Waals surface area contributed by atoms with Crippen molar-refractivity contribution in [2.24, 2.45) is 0 Å². The van der Waals surface area contributed by atoms with E-state index in [2.05, 4.69) is 23.3 Å². The molecule has 1 aromatic heterocycles. The molecular weight excluding hydrogens is 188 g/mol. The van der Waals surface area contributed by atoms with Crippen molar-refractivity contribution in [3.8, 4) is 0 Å². The van der Waals surface area contributed by atoms with Crippen LogP contribution in [0.2, 0.25) is 0 Å². The lowest BCUT2D eigenvalue weighted by Crippen LogP contribution is -2.43. The third kappa shape index (κ3) is 3.01. The second kappa shape index (κ2) is 4.73. The third-order valence-corrected chi connectivity index (χ3v) is 2.91. The summed E-state index contributed by atoms with van der Waals surface area (Å²) in [4.78, 5) is 4.10. The molecule has 3 nitrogen and oxygen atoms in total. The van der Waals surface area contributed by atoms with Crippen LogP contribution in [0.5, 0.6) is 0 Å². The van der Waals surface area contributed by atoms with E-state index in [4.69, 9.17) is 4.74 Å². The molecule has 2 rings (SSSR count). The second-order valence-electron chi connectivity index (χ2n) is 4.40. The number of hydrogen-bond acceptors (Lipinski definition) is 3. The molecule has 15 heavy (non-hydrogen) atoms. The summed E-state index contributed by atoms with van der Waals surface area (Å²) in [6, 6.07) is 4.10. The van der Waals surface area contributed by atoms with Gasteiger partial charge in [0.05, 0.1) is 6.61 Å². The van der Waals surface area contributed by atoms with Crippen molar-refractivity contribution in [1.29, 1.82) is 0 Å². The van der Waals surface area contributed by atoms with Crippen LogP contribution in [-0.2, 0) is 11.2 Å². The van der Waals surface area contributed by atoms with Crippen molar-refractivity contribution in [1.82, 2.24) is 10.3 Å². The predicted octanol–water partition coefficient (Wildman–Crippen LogP) is 1.39. The normalized spacial score (nSPS) is 25.7. The molecule has 1 aromatic rings. The van der Waals surface area contributed by atoms with Crippen molar-refractivity contribution >= 4 is 0 Å². The van der Waals surface area contributed by atoms with Crippen molar-refractivity contribution in [3.63, 3.8) is 0 Å². The first-order valence-corrected chi connectivity index (χ1v) is 5.50. The van der Waals surface area contributed by atoms with Crippen LogP contribution in [0.3, 0.4) is 0 Å². The van der Waals surface area contributed by atoms with Gasteiger partial charge >= 0.3 is 0 Å². The maximum Gasteiger partial charge on any atom is 0.0646 e. The van der Waals surface area contributed by atoms with Gasteiger partial charge in [0.25, 0.3) is 0 Å². The van der Waals surface area contributed by atoms with E-state index in [1.807, 2.05) is 18.5 Å². The van der Waals surface area contributed by atoms with Crippen molar-refractivity contribution < 1.29 is 4.74 Å². The van der Waals surface area contributed by atoms with E-state index in [1.165, 1.54) is 5.56 Å². The quantitative estimate of drug-likeness (QED) is 0.808. The first-order chi connectivity index (χ1) is 7.29. The summed E-state index contributed by atoms with van der Waals surface area (Å²) >= 11 is 0. The Morgan fingerprint density at radius 2 is 2.53 bits per heavy atom. The molecule has 0 aliphatic carbocycles. The van der Waals surface area contributed by atoms with Crippen LogP contribution in [-0.4, -0.2) is 30.3 Å². The molecule has 0 spiro atoms. The molecule has 0 amide bonds. The van der Waals surface area contributed by atoms with Crippen molar-refractivity contribution in [2.45, 2.75) is 25.3 Å². The monoisotopic (exact) mass is 206 g/mol. The van der Waals surface area contributed by atoms with E-state index in [0.29, 0.717) is 0 Å². The first kappa shape index (κ1) is 10.6. The van der Waals surface area contributed by atoms with Crippen LogP contribution in [0.25, 0.3) is 0 Å². The van der Waals surface area contributed by atoms with Gasteiger partial charge < -0.3 is 10.1 Å². The van der Waals surface area contributed by atoms with Crippen LogP contribution in [0.1, 0.15) is 18.9 Å². The van der Waals surface area contributed by atoms with E-state index in [0.717, 1.165) is 32.6 Å². The number of rotatable bonds is 4. The molecule has 0 aromatic carbocycles. The van der Waals surface area contributed by atoms with Crippen LogP contribution in [0.4, 0.5) is 0 Å². The van der Waals surface area contributed by atoms with E-state index < -0.39 is 0 Å². The summed E-state index contributed by atoms with van der Waals surface area (Å²) in [6.07, 6.45) is 5.88. The minimum Gasteiger partial charge on any atom is -0.379 e. The minimum absolute atomic E-state index is 0.183. The molecule has 0 radical (unpaired) electrons. The maximum atomic E-state index is 5.39. The summed E-state index contributed by atoms with van der Waals surface area (Å²) in [5.41, 5.74) is 1.47. The molecule has 2 heterocycles. The Morgan fingerprint density at radius 1 is 1.60 bits per heavy atom. The Morgan fingerprint density at radius 3 is 3.20 bits per heavy atom. The zero-order valence-electron chi connectivity index (χ0n) is 9.20. The fraction of sp³-hybridized carbons (Fsp3) is 0.583. The van der Waals surface area contributed by atoms with E-state index in [-0.39, 0.29) is 5.54 Å². The molecule has 1 N–H and O–H groups in total. The largest absolute Gasteiger partial charge is 0.379 e. The SMILES string of the molecule is CC1(NCCc2cccnc2)CCOC1. The Labute approximate surface area is 90.9 Å². The average Bonchev–Trinajstić information content (AvgIpc) is 2.67. The number of nitrogens with one attached hydrogen (secondary N) is 1. The summed E-state index contributed by atoms with van der Waals surface area (Å²) < 4.78 is 5.39. The zero-order valence-corrected chi connectivity index (χ0v) is 9.20. The number of ether oxygens (including phenoxy) is 1. The number of pyridine rings is 1. The van der Waals surface area contributed by atoms with Crippen molar-refractivity contribution in [3.05, 3.63) is 30.1 Å². The van der Waals surface area contributed by atoms with Gasteiger partial charge in [-0.05, 0) is 37.9 Å².